The first kappa shape index (κ1) is 12.7. The van der Waals surface area contributed by atoms with Gasteiger partial charge in [-0.1, -0.05) is 0 Å². The molecule has 2 heterocycles. The highest BCUT2D eigenvalue weighted by Gasteiger charge is 2.33. The SMILES string of the molecule is CC1(C)CN(c2cc(Br)ncn2)CC(CO)O1. The zero-order valence-corrected chi connectivity index (χ0v) is 11.5. The largest absolute Gasteiger partial charge is 0.394 e. The lowest BCUT2D eigenvalue weighted by Gasteiger charge is -2.42. The Morgan fingerprint density at radius 3 is 3.00 bits per heavy atom. The van der Waals surface area contributed by atoms with Crippen molar-refractivity contribution in [2.75, 3.05) is 24.6 Å². The van der Waals surface area contributed by atoms with Crippen LogP contribution in [-0.4, -0.2) is 46.5 Å². The van der Waals surface area contributed by atoms with Crippen molar-refractivity contribution in [1.82, 2.24) is 9.97 Å². The van der Waals surface area contributed by atoms with Crippen molar-refractivity contribution in [3.05, 3.63) is 17.0 Å². The summed E-state index contributed by atoms with van der Waals surface area (Å²) in [6, 6.07) is 1.87. The summed E-state index contributed by atoms with van der Waals surface area (Å²) in [5.41, 5.74) is -0.289. The Kier molecular flexibility index (Phi) is 3.65. The number of morpholine rings is 1. The summed E-state index contributed by atoms with van der Waals surface area (Å²) in [6.07, 6.45) is 1.35. The van der Waals surface area contributed by atoms with E-state index in [9.17, 15) is 5.11 Å². The lowest BCUT2D eigenvalue weighted by molar-refractivity contribution is -0.101. The van der Waals surface area contributed by atoms with Crippen molar-refractivity contribution < 1.29 is 9.84 Å². The van der Waals surface area contributed by atoms with Crippen LogP contribution in [0.15, 0.2) is 17.0 Å². The second-order valence-electron chi connectivity index (χ2n) is 4.76. The Balaban J connectivity index is 2.20. The van der Waals surface area contributed by atoms with E-state index in [0.717, 1.165) is 17.0 Å². The summed E-state index contributed by atoms with van der Waals surface area (Å²) in [7, 11) is 0. The number of hydrogen-bond donors (Lipinski definition) is 1. The predicted octanol–water partition coefficient (Wildman–Crippen LogP) is 1.22. The first-order valence-corrected chi connectivity index (χ1v) is 6.31. The van der Waals surface area contributed by atoms with E-state index in [-0.39, 0.29) is 18.3 Å². The molecule has 1 saturated heterocycles. The van der Waals surface area contributed by atoms with Crippen LogP contribution in [0.2, 0.25) is 0 Å². The molecule has 0 saturated carbocycles. The number of nitrogens with zero attached hydrogens (tertiary/aromatic N) is 3. The van der Waals surface area contributed by atoms with Crippen LogP contribution in [0.1, 0.15) is 13.8 Å². The van der Waals surface area contributed by atoms with Gasteiger partial charge in [0, 0.05) is 19.2 Å². The molecule has 0 spiro atoms. The lowest BCUT2D eigenvalue weighted by Crippen LogP contribution is -2.54. The third kappa shape index (κ3) is 3.14. The zero-order chi connectivity index (χ0) is 12.5. The van der Waals surface area contributed by atoms with E-state index in [1.807, 2.05) is 19.9 Å². The summed E-state index contributed by atoms with van der Waals surface area (Å²) >= 11 is 3.33. The molecule has 0 aliphatic carbocycles. The molecule has 1 fully saturated rings. The summed E-state index contributed by atoms with van der Waals surface area (Å²) in [5, 5.41) is 9.25. The van der Waals surface area contributed by atoms with Crippen molar-refractivity contribution in [2.24, 2.45) is 0 Å². The van der Waals surface area contributed by atoms with Gasteiger partial charge in [-0.25, -0.2) is 9.97 Å². The Bertz CT molecular complexity index is 400. The van der Waals surface area contributed by atoms with Crippen LogP contribution < -0.4 is 4.90 Å². The maximum Gasteiger partial charge on any atom is 0.133 e. The second-order valence-corrected chi connectivity index (χ2v) is 5.57. The molecule has 0 radical (unpaired) electrons. The third-order valence-corrected chi connectivity index (χ3v) is 3.06. The van der Waals surface area contributed by atoms with Crippen LogP contribution in [0.3, 0.4) is 0 Å². The Hall–Kier alpha value is -0.720. The van der Waals surface area contributed by atoms with Gasteiger partial charge in [0.15, 0.2) is 0 Å². The van der Waals surface area contributed by atoms with Crippen LogP contribution in [0.25, 0.3) is 0 Å². The van der Waals surface area contributed by atoms with Crippen molar-refractivity contribution in [3.8, 4) is 0 Å². The van der Waals surface area contributed by atoms with Crippen LogP contribution in [-0.2, 0) is 4.74 Å². The molecule has 0 bridgehead atoms. The molecule has 1 unspecified atom stereocenters. The molecule has 1 N–H and O–H groups in total. The molecule has 6 heteroatoms. The molecule has 1 aliphatic heterocycles. The van der Waals surface area contributed by atoms with Gasteiger partial charge in [-0.05, 0) is 29.8 Å². The second kappa shape index (κ2) is 4.88. The van der Waals surface area contributed by atoms with Crippen LogP contribution in [0.4, 0.5) is 5.82 Å². The van der Waals surface area contributed by atoms with E-state index in [1.165, 1.54) is 6.33 Å². The number of aliphatic hydroxyl groups is 1. The number of aromatic nitrogens is 2. The molecule has 1 atom stereocenters. The molecule has 17 heavy (non-hydrogen) atoms. The van der Waals surface area contributed by atoms with Crippen molar-refractivity contribution >= 4 is 21.7 Å². The van der Waals surface area contributed by atoms with E-state index in [0.29, 0.717) is 6.54 Å². The highest BCUT2D eigenvalue weighted by atomic mass is 79.9. The predicted molar refractivity (Wildman–Crippen MR) is 68.0 cm³/mol. The van der Waals surface area contributed by atoms with Crippen LogP contribution in [0, 0.1) is 0 Å². The van der Waals surface area contributed by atoms with E-state index in [2.05, 4.69) is 30.8 Å². The minimum atomic E-state index is -0.289. The Labute approximate surface area is 109 Å². The maximum absolute atomic E-state index is 9.25. The minimum Gasteiger partial charge on any atom is -0.394 e. The van der Waals surface area contributed by atoms with Gasteiger partial charge < -0.3 is 14.7 Å². The molecule has 1 aliphatic rings. The molecular formula is C11H16BrN3O2. The fourth-order valence-electron chi connectivity index (χ4n) is 2.06. The van der Waals surface area contributed by atoms with E-state index in [4.69, 9.17) is 4.74 Å². The highest BCUT2D eigenvalue weighted by Crippen LogP contribution is 2.25. The number of aliphatic hydroxyl groups excluding tert-OH is 1. The van der Waals surface area contributed by atoms with Crippen LogP contribution in [0.5, 0.6) is 0 Å². The third-order valence-electron chi connectivity index (χ3n) is 2.63. The van der Waals surface area contributed by atoms with Crippen LogP contribution >= 0.6 is 15.9 Å². The average molecular weight is 302 g/mol. The standard InChI is InChI=1S/C11H16BrN3O2/c1-11(2)6-15(4-8(5-16)17-11)10-3-9(12)13-7-14-10/h3,7-8,16H,4-6H2,1-2H3. The molecular weight excluding hydrogens is 286 g/mol. The van der Waals surface area contributed by atoms with Crippen molar-refractivity contribution in [3.63, 3.8) is 0 Å². The van der Waals surface area contributed by atoms with Gasteiger partial charge in [0.25, 0.3) is 0 Å². The minimum absolute atomic E-state index is 0.0200. The Morgan fingerprint density at radius 2 is 2.35 bits per heavy atom. The molecule has 1 aromatic heterocycles. The number of ether oxygens (including phenoxy) is 1. The monoisotopic (exact) mass is 301 g/mol. The van der Waals surface area contributed by atoms with E-state index < -0.39 is 0 Å². The molecule has 1 aromatic rings. The molecule has 5 nitrogen and oxygen atoms in total. The summed E-state index contributed by atoms with van der Waals surface area (Å²) < 4.78 is 6.51. The van der Waals surface area contributed by atoms with E-state index in [1.54, 1.807) is 0 Å². The summed E-state index contributed by atoms with van der Waals surface area (Å²) in [5.74, 6) is 0.849. The van der Waals surface area contributed by atoms with Gasteiger partial charge in [-0.2, -0.15) is 0 Å². The molecule has 2 rings (SSSR count). The average Bonchev–Trinajstić information content (AvgIpc) is 2.27. The van der Waals surface area contributed by atoms with Gasteiger partial charge in [0.05, 0.1) is 18.3 Å². The first-order valence-electron chi connectivity index (χ1n) is 5.51. The van der Waals surface area contributed by atoms with Gasteiger partial charge >= 0.3 is 0 Å². The summed E-state index contributed by atoms with van der Waals surface area (Å²) in [6.45, 7) is 5.43. The number of hydrogen-bond acceptors (Lipinski definition) is 5. The fourth-order valence-corrected chi connectivity index (χ4v) is 2.36. The number of rotatable bonds is 2. The number of halogens is 1. The zero-order valence-electron chi connectivity index (χ0n) is 9.93. The van der Waals surface area contributed by atoms with Gasteiger partial charge in [-0.15, -0.1) is 0 Å². The van der Waals surface area contributed by atoms with Gasteiger partial charge in [0.1, 0.15) is 16.7 Å². The van der Waals surface area contributed by atoms with Crippen molar-refractivity contribution in [2.45, 2.75) is 25.6 Å². The molecule has 0 amide bonds. The topological polar surface area (TPSA) is 58.5 Å². The number of anilines is 1. The Morgan fingerprint density at radius 1 is 1.59 bits per heavy atom. The van der Waals surface area contributed by atoms with Gasteiger partial charge in [-0.3, -0.25) is 0 Å². The lowest BCUT2D eigenvalue weighted by atomic mass is 10.1. The molecule has 94 valence electrons. The highest BCUT2D eigenvalue weighted by molar-refractivity contribution is 9.10. The summed E-state index contributed by atoms with van der Waals surface area (Å²) in [4.78, 5) is 10.4. The molecule has 0 aromatic carbocycles. The first-order chi connectivity index (χ1) is 8.00. The maximum atomic E-state index is 9.25. The quantitative estimate of drug-likeness (QED) is 0.832. The fraction of sp³-hybridized carbons (Fsp3) is 0.636. The van der Waals surface area contributed by atoms with E-state index >= 15 is 0 Å². The van der Waals surface area contributed by atoms with Gasteiger partial charge in [0.2, 0.25) is 0 Å². The normalized spacial score (nSPS) is 23.8. The smallest absolute Gasteiger partial charge is 0.133 e. The van der Waals surface area contributed by atoms with Crippen molar-refractivity contribution in [1.29, 1.82) is 0 Å².